The predicted molar refractivity (Wildman–Crippen MR) is 137 cm³/mol. The van der Waals surface area contributed by atoms with Gasteiger partial charge >= 0.3 is 5.97 Å². The van der Waals surface area contributed by atoms with Crippen LogP contribution < -0.4 is 4.74 Å². The van der Waals surface area contributed by atoms with E-state index in [1.807, 2.05) is 31.2 Å². The second kappa shape index (κ2) is 11.5. The summed E-state index contributed by atoms with van der Waals surface area (Å²) >= 11 is 0. The van der Waals surface area contributed by atoms with Gasteiger partial charge in [0.05, 0.1) is 25.2 Å². The zero-order chi connectivity index (χ0) is 25.8. The van der Waals surface area contributed by atoms with Crippen molar-refractivity contribution >= 4 is 12.0 Å². The molecule has 3 fully saturated rings. The number of carbonyl (C=O) groups is 1. The van der Waals surface area contributed by atoms with Crippen molar-refractivity contribution in [3.05, 3.63) is 47.6 Å². The molecule has 1 aromatic carbocycles. The zero-order valence-electron chi connectivity index (χ0n) is 22.2. The lowest BCUT2D eigenvalue weighted by atomic mass is 9.68. The number of epoxide rings is 2. The van der Waals surface area contributed by atoms with Crippen LogP contribution in [-0.4, -0.2) is 69.0 Å². The topological polar surface area (TPSA) is 79.1 Å². The highest BCUT2D eigenvalue weighted by molar-refractivity contribution is 5.87. The van der Waals surface area contributed by atoms with Crippen molar-refractivity contribution in [2.24, 2.45) is 5.92 Å². The molecule has 1 aliphatic carbocycles. The van der Waals surface area contributed by atoms with E-state index in [2.05, 4.69) is 26.8 Å². The maximum atomic E-state index is 12.7. The third kappa shape index (κ3) is 6.20. The minimum absolute atomic E-state index is 0.0105. The summed E-state index contributed by atoms with van der Waals surface area (Å²) in [4.78, 5) is 12.7. The van der Waals surface area contributed by atoms with Crippen molar-refractivity contribution in [3.63, 3.8) is 0 Å². The Kier molecular flexibility index (Phi) is 8.56. The molecule has 2 aliphatic heterocycles. The SMILES string of the molecule is CCOCCOc1ccc(/C=C/C(=O)O[C@@H]2CC[C@]3(CO3)C([C@]3(C)OC3CC=C(C)C)[C@@H]2OC)cc1. The molecule has 1 saturated carbocycles. The van der Waals surface area contributed by atoms with Crippen LogP contribution in [0.3, 0.4) is 0 Å². The van der Waals surface area contributed by atoms with Gasteiger partial charge in [0.2, 0.25) is 0 Å². The van der Waals surface area contributed by atoms with Gasteiger partial charge in [-0.05, 0) is 70.7 Å². The number of hydrogen-bond donors (Lipinski definition) is 0. The minimum Gasteiger partial charge on any atom is -0.491 e. The van der Waals surface area contributed by atoms with Gasteiger partial charge in [0.25, 0.3) is 0 Å². The lowest BCUT2D eigenvalue weighted by molar-refractivity contribution is -0.166. The van der Waals surface area contributed by atoms with Crippen LogP contribution in [0.15, 0.2) is 42.0 Å². The summed E-state index contributed by atoms with van der Waals surface area (Å²) in [5, 5.41) is 0. The van der Waals surface area contributed by atoms with Gasteiger partial charge in [-0.3, -0.25) is 0 Å². The second-order valence-corrected chi connectivity index (χ2v) is 10.3. The second-order valence-electron chi connectivity index (χ2n) is 10.3. The van der Waals surface area contributed by atoms with Gasteiger partial charge in [-0.25, -0.2) is 4.79 Å². The summed E-state index contributed by atoms with van der Waals surface area (Å²) in [5.74, 6) is 0.394. The van der Waals surface area contributed by atoms with Crippen molar-refractivity contribution < 1.29 is 33.2 Å². The molecule has 2 unspecified atom stereocenters. The van der Waals surface area contributed by atoms with E-state index >= 15 is 0 Å². The largest absolute Gasteiger partial charge is 0.491 e. The van der Waals surface area contributed by atoms with E-state index in [-0.39, 0.29) is 41.4 Å². The number of rotatable bonds is 12. The van der Waals surface area contributed by atoms with Gasteiger partial charge in [0.15, 0.2) is 0 Å². The van der Waals surface area contributed by atoms with Crippen LogP contribution in [0.1, 0.15) is 52.5 Å². The molecule has 0 radical (unpaired) electrons. The summed E-state index contributed by atoms with van der Waals surface area (Å²) in [6.07, 6.45) is 7.32. The van der Waals surface area contributed by atoms with Crippen molar-refractivity contribution in [2.45, 2.75) is 76.5 Å². The van der Waals surface area contributed by atoms with Crippen LogP contribution in [0.25, 0.3) is 6.08 Å². The molecular weight excluding hydrogens is 460 g/mol. The Morgan fingerprint density at radius 1 is 1.19 bits per heavy atom. The summed E-state index contributed by atoms with van der Waals surface area (Å²) in [6.45, 7) is 10.7. The van der Waals surface area contributed by atoms with Crippen LogP contribution in [0.4, 0.5) is 0 Å². The first-order chi connectivity index (χ1) is 17.3. The summed E-state index contributed by atoms with van der Waals surface area (Å²) in [7, 11) is 1.69. The van der Waals surface area contributed by atoms with Crippen LogP contribution in [0, 0.1) is 5.92 Å². The van der Waals surface area contributed by atoms with E-state index in [0.29, 0.717) is 32.8 Å². The van der Waals surface area contributed by atoms with Gasteiger partial charge in [-0.1, -0.05) is 23.8 Å². The Hall–Kier alpha value is -2.19. The van der Waals surface area contributed by atoms with Crippen molar-refractivity contribution in [2.75, 3.05) is 33.5 Å². The quantitative estimate of drug-likeness (QED) is 0.135. The Morgan fingerprint density at radius 3 is 2.58 bits per heavy atom. The number of benzene rings is 1. The first kappa shape index (κ1) is 26.9. The molecule has 0 N–H and O–H groups in total. The molecule has 0 aromatic heterocycles. The first-order valence-corrected chi connectivity index (χ1v) is 13.0. The van der Waals surface area contributed by atoms with Crippen molar-refractivity contribution in [3.8, 4) is 5.75 Å². The van der Waals surface area contributed by atoms with Crippen molar-refractivity contribution in [1.82, 2.24) is 0 Å². The van der Waals surface area contributed by atoms with Crippen LogP contribution >= 0.6 is 0 Å². The van der Waals surface area contributed by atoms with E-state index < -0.39 is 0 Å². The Labute approximate surface area is 214 Å². The summed E-state index contributed by atoms with van der Waals surface area (Å²) in [6, 6.07) is 7.56. The standard InChI is InChI=1S/C29H40O7/c1-6-32-17-18-33-22-11-8-21(9-12-22)10-14-25(30)35-23-15-16-29(19-34-29)27(26(23)31-5)28(4)24(36-28)13-7-20(2)3/h7-12,14,23-24,26-27H,6,13,15-19H2,1-5H3/b14-10+/t23-,24?,26-,27?,28-,29+/m1/s1. The van der Waals surface area contributed by atoms with E-state index in [9.17, 15) is 4.79 Å². The molecule has 6 atom stereocenters. The normalized spacial score (nSPS) is 32.9. The fourth-order valence-electron chi connectivity index (χ4n) is 5.46. The molecular formula is C29H40O7. The molecule has 7 heteroatoms. The monoisotopic (exact) mass is 500 g/mol. The van der Waals surface area contributed by atoms with E-state index in [0.717, 1.165) is 24.2 Å². The molecule has 3 aliphatic rings. The van der Waals surface area contributed by atoms with E-state index in [4.69, 9.17) is 28.4 Å². The lowest BCUT2D eigenvalue weighted by Crippen LogP contribution is -2.55. The highest BCUT2D eigenvalue weighted by Crippen LogP contribution is 2.59. The number of allylic oxidation sites excluding steroid dienone is 1. The third-order valence-electron chi connectivity index (χ3n) is 7.50. The minimum atomic E-state index is -0.381. The van der Waals surface area contributed by atoms with Crippen LogP contribution in [0.2, 0.25) is 0 Å². The lowest BCUT2D eigenvalue weighted by Gasteiger charge is -2.42. The molecule has 1 aromatic rings. The fourth-order valence-corrected chi connectivity index (χ4v) is 5.46. The fraction of sp³-hybridized carbons (Fsp3) is 0.621. The molecule has 0 bridgehead atoms. The first-order valence-electron chi connectivity index (χ1n) is 13.0. The maximum absolute atomic E-state index is 12.7. The Bertz CT molecular complexity index is 945. The van der Waals surface area contributed by atoms with Gasteiger partial charge in [0, 0.05) is 19.8 Å². The highest BCUT2D eigenvalue weighted by Gasteiger charge is 2.72. The molecule has 2 heterocycles. The molecule has 2 saturated heterocycles. The molecule has 4 rings (SSSR count). The molecule has 0 amide bonds. The number of methoxy groups -OCH3 is 1. The maximum Gasteiger partial charge on any atom is 0.331 e. The van der Waals surface area contributed by atoms with E-state index in [1.165, 1.54) is 11.6 Å². The summed E-state index contributed by atoms with van der Waals surface area (Å²) in [5.41, 5.74) is 1.58. The Balaban J connectivity index is 1.35. The smallest absolute Gasteiger partial charge is 0.331 e. The van der Waals surface area contributed by atoms with Gasteiger partial charge in [-0.15, -0.1) is 0 Å². The van der Waals surface area contributed by atoms with Crippen LogP contribution in [0.5, 0.6) is 5.75 Å². The molecule has 1 spiro atoms. The third-order valence-corrected chi connectivity index (χ3v) is 7.50. The number of hydrogen-bond acceptors (Lipinski definition) is 7. The van der Waals surface area contributed by atoms with Gasteiger partial charge in [-0.2, -0.15) is 0 Å². The van der Waals surface area contributed by atoms with Gasteiger partial charge in [0.1, 0.15) is 35.8 Å². The molecule has 198 valence electrons. The zero-order valence-corrected chi connectivity index (χ0v) is 22.2. The average molecular weight is 501 g/mol. The molecule has 36 heavy (non-hydrogen) atoms. The highest BCUT2D eigenvalue weighted by atomic mass is 16.6. The van der Waals surface area contributed by atoms with Gasteiger partial charge < -0.3 is 28.4 Å². The number of carbonyl (C=O) groups excluding carboxylic acids is 1. The number of esters is 1. The number of ether oxygens (including phenoxy) is 6. The van der Waals surface area contributed by atoms with E-state index in [1.54, 1.807) is 13.2 Å². The summed E-state index contributed by atoms with van der Waals surface area (Å²) < 4.78 is 35.0. The Morgan fingerprint density at radius 2 is 1.94 bits per heavy atom. The molecule has 7 nitrogen and oxygen atoms in total. The van der Waals surface area contributed by atoms with Crippen LogP contribution in [-0.2, 0) is 28.5 Å². The van der Waals surface area contributed by atoms with Crippen molar-refractivity contribution in [1.29, 1.82) is 0 Å². The predicted octanol–water partition coefficient (Wildman–Crippen LogP) is 4.73. The average Bonchev–Trinajstić information content (AvgIpc) is 3.78.